The molecule has 1 saturated heterocycles. The molecule has 1 aromatic carbocycles. The van der Waals surface area contributed by atoms with E-state index in [2.05, 4.69) is 22.4 Å². The number of piperazine rings is 1. The maximum absolute atomic E-state index is 10.7. The van der Waals surface area contributed by atoms with Crippen molar-refractivity contribution in [3.63, 3.8) is 0 Å². The van der Waals surface area contributed by atoms with Crippen molar-refractivity contribution in [3.05, 3.63) is 29.8 Å². The third-order valence-electron chi connectivity index (χ3n) is 3.31. The van der Waals surface area contributed by atoms with Crippen LogP contribution in [0.3, 0.4) is 0 Å². The zero-order valence-corrected chi connectivity index (χ0v) is 11.7. The Morgan fingerprint density at radius 2 is 1.90 bits per heavy atom. The van der Waals surface area contributed by atoms with E-state index < -0.39 is 5.97 Å². The molecular weight excluding hydrogens is 258 g/mol. The summed E-state index contributed by atoms with van der Waals surface area (Å²) in [6.45, 7) is 5.48. The molecule has 0 spiro atoms. The van der Waals surface area contributed by atoms with Crippen molar-refractivity contribution in [2.75, 3.05) is 46.4 Å². The highest BCUT2D eigenvalue weighted by molar-refractivity contribution is 5.87. The van der Waals surface area contributed by atoms with Crippen molar-refractivity contribution in [1.29, 1.82) is 0 Å². The summed E-state index contributed by atoms with van der Waals surface area (Å²) in [5, 5.41) is 11.0. The molecule has 2 rings (SSSR count). The Hall–Kier alpha value is -1.63. The Kier molecular flexibility index (Phi) is 5.34. The van der Waals surface area contributed by atoms with E-state index in [1.165, 1.54) is 0 Å². The van der Waals surface area contributed by atoms with E-state index in [0.717, 1.165) is 32.7 Å². The number of nitrogens with zero attached hydrogens (tertiary/aromatic N) is 2. The topological polar surface area (TPSA) is 65.0 Å². The van der Waals surface area contributed by atoms with Gasteiger partial charge in [0.15, 0.2) is 0 Å². The summed E-state index contributed by atoms with van der Waals surface area (Å²) in [5.41, 5.74) is 3.60. The number of benzene rings is 1. The standard InChI is InChI=1S/C14H21N3O3/c1-16-7-9-17(10-8-16)15-6-11-20-13-4-2-12(3-5-13)14(18)19/h2-5,15H,6-11H2,1H3,(H,18,19). The van der Waals surface area contributed by atoms with Crippen LogP contribution in [-0.4, -0.2) is 67.4 Å². The first-order valence-corrected chi connectivity index (χ1v) is 6.78. The molecule has 0 radical (unpaired) electrons. The van der Waals surface area contributed by atoms with Crippen molar-refractivity contribution in [2.24, 2.45) is 0 Å². The van der Waals surface area contributed by atoms with E-state index in [9.17, 15) is 4.79 Å². The van der Waals surface area contributed by atoms with Crippen LogP contribution in [0.4, 0.5) is 0 Å². The number of hydrogen-bond donors (Lipinski definition) is 2. The fourth-order valence-corrected chi connectivity index (χ4v) is 2.03. The Morgan fingerprint density at radius 1 is 1.25 bits per heavy atom. The van der Waals surface area contributed by atoms with Gasteiger partial charge in [-0.25, -0.2) is 9.80 Å². The third kappa shape index (κ3) is 4.48. The number of carboxylic acid groups (broad SMARTS) is 1. The Bertz CT molecular complexity index is 428. The highest BCUT2D eigenvalue weighted by Gasteiger charge is 2.12. The summed E-state index contributed by atoms with van der Waals surface area (Å²) in [4.78, 5) is 13.0. The number of likely N-dealkylation sites (N-methyl/N-ethyl adjacent to an activating group) is 1. The van der Waals surface area contributed by atoms with Crippen LogP contribution in [0, 0.1) is 0 Å². The van der Waals surface area contributed by atoms with Gasteiger partial charge < -0.3 is 14.7 Å². The normalized spacial score (nSPS) is 17.1. The van der Waals surface area contributed by atoms with Crippen molar-refractivity contribution in [1.82, 2.24) is 15.3 Å². The molecular formula is C14H21N3O3. The summed E-state index contributed by atoms with van der Waals surface area (Å²) in [6.07, 6.45) is 0. The van der Waals surface area contributed by atoms with Crippen molar-refractivity contribution >= 4 is 5.97 Å². The lowest BCUT2D eigenvalue weighted by molar-refractivity contribution is 0.0697. The summed E-state index contributed by atoms with van der Waals surface area (Å²) in [7, 11) is 2.13. The van der Waals surface area contributed by atoms with Gasteiger partial charge in [0.05, 0.1) is 5.56 Å². The predicted molar refractivity (Wildman–Crippen MR) is 76.0 cm³/mol. The van der Waals surface area contributed by atoms with Gasteiger partial charge in [-0.2, -0.15) is 0 Å². The van der Waals surface area contributed by atoms with Crippen molar-refractivity contribution in [2.45, 2.75) is 0 Å². The predicted octanol–water partition coefficient (Wildman–Crippen LogP) is 0.516. The van der Waals surface area contributed by atoms with Crippen LogP contribution in [0.25, 0.3) is 0 Å². The number of ether oxygens (including phenoxy) is 1. The smallest absolute Gasteiger partial charge is 0.335 e. The van der Waals surface area contributed by atoms with Crippen LogP contribution >= 0.6 is 0 Å². The van der Waals surface area contributed by atoms with Gasteiger partial charge in [-0.1, -0.05) is 0 Å². The highest BCUT2D eigenvalue weighted by Crippen LogP contribution is 2.11. The second-order valence-electron chi connectivity index (χ2n) is 4.88. The quantitative estimate of drug-likeness (QED) is 0.740. The highest BCUT2D eigenvalue weighted by atomic mass is 16.5. The van der Waals surface area contributed by atoms with Gasteiger partial charge in [0, 0.05) is 32.7 Å². The molecule has 1 heterocycles. The molecule has 6 heteroatoms. The van der Waals surface area contributed by atoms with Crippen LogP contribution < -0.4 is 10.2 Å². The molecule has 1 fully saturated rings. The molecule has 0 atom stereocenters. The van der Waals surface area contributed by atoms with E-state index in [1.807, 2.05) is 0 Å². The molecule has 0 saturated carbocycles. The first kappa shape index (κ1) is 14.8. The zero-order valence-electron chi connectivity index (χ0n) is 11.7. The van der Waals surface area contributed by atoms with Gasteiger partial charge >= 0.3 is 5.97 Å². The number of aromatic carboxylic acids is 1. The van der Waals surface area contributed by atoms with Gasteiger partial charge in [-0.05, 0) is 31.3 Å². The minimum absolute atomic E-state index is 0.271. The number of hydrazine groups is 1. The fraction of sp³-hybridized carbons (Fsp3) is 0.500. The number of nitrogens with one attached hydrogen (secondary N) is 1. The number of hydrogen-bond acceptors (Lipinski definition) is 5. The molecule has 6 nitrogen and oxygen atoms in total. The van der Waals surface area contributed by atoms with Gasteiger partial charge in [0.2, 0.25) is 0 Å². The van der Waals surface area contributed by atoms with Gasteiger partial charge in [0.1, 0.15) is 12.4 Å². The average Bonchev–Trinajstić information content (AvgIpc) is 2.46. The lowest BCUT2D eigenvalue weighted by Gasteiger charge is -2.32. The van der Waals surface area contributed by atoms with E-state index in [-0.39, 0.29) is 5.56 Å². The third-order valence-corrected chi connectivity index (χ3v) is 3.31. The Balaban J connectivity index is 1.64. The first-order chi connectivity index (χ1) is 9.65. The summed E-state index contributed by atoms with van der Waals surface area (Å²) in [5.74, 6) is -0.233. The monoisotopic (exact) mass is 279 g/mol. The Labute approximate surface area is 118 Å². The maximum Gasteiger partial charge on any atom is 0.335 e. The molecule has 1 aromatic rings. The van der Waals surface area contributed by atoms with Crippen LogP contribution in [0.2, 0.25) is 0 Å². The van der Waals surface area contributed by atoms with Crippen molar-refractivity contribution < 1.29 is 14.6 Å². The van der Waals surface area contributed by atoms with Crippen LogP contribution in [-0.2, 0) is 0 Å². The molecule has 0 aliphatic carbocycles. The maximum atomic E-state index is 10.7. The summed E-state index contributed by atoms with van der Waals surface area (Å²) in [6, 6.07) is 6.45. The molecule has 1 aliphatic rings. The minimum Gasteiger partial charge on any atom is -0.492 e. The van der Waals surface area contributed by atoms with Crippen molar-refractivity contribution in [3.8, 4) is 5.75 Å². The number of carbonyl (C=O) groups is 1. The minimum atomic E-state index is -0.923. The number of rotatable bonds is 6. The first-order valence-electron chi connectivity index (χ1n) is 6.78. The lowest BCUT2D eigenvalue weighted by atomic mass is 10.2. The van der Waals surface area contributed by atoms with E-state index in [0.29, 0.717) is 12.4 Å². The molecule has 20 heavy (non-hydrogen) atoms. The fourth-order valence-electron chi connectivity index (χ4n) is 2.03. The van der Waals surface area contributed by atoms with Crippen LogP contribution in [0.5, 0.6) is 5.75 Å². The molecule has 110 valence electrons. The van der Waals surface area contributed by atoms with Crippen LogP contribution in [0.15, 0.2) is 24.3 Å². The second-order valence-corrected chi connectivity index (χ2v) is 4.88. The average molecular weight is 279 g/mol. The summed E-state index contributed by atoms with van der Waals surface area (Å²) >= 11 is 0. The molecule has 0 aromatic heterocycles. The zero-order chi connectivity index (χ0) is 14.4. The number of carboxylic acids is 1. The summed E-state index contributed by atoms with van der Waals surface area (Å²) < 4.78 is 5.56. The molecule has 1 aliphatic heterocycles. The van der Waals surface area contributed by atoms with Gasteiger partial charge in [0.25, 0.3) is 0 Å². The van der Waals surface area contributed by atoms with E-state index in [4.69, 9.17) is 9.84 Å². The SMILES string of the molecule is CN1CCN(NCCOc2ccc(C(=O)O)cc2)CC1. The van der Waals surface area contributed by atoms with E-state index >= 15 is 0 Å². The molecule has 0 bridgehead atoms. The van der Waals surface area contributed by atoms with Crippen LogP contribution in [0.1, 0.15) is 10.4 Å². The second kappa shape index (κ2) is 7.23. The molecule has 0 unspecified atom stereocenters. The molecule has 0 amide bonds. The lowest BCUT2D eigenvalue weighted by Crippen LogP contribution is -2.51. The molecule has 2 N–H and O–H groups in total. The van der Waals surface area contributed by atoms with Gasteiger partial charge in [-0.15, -0.1) is 0 Å². The Morgan fingerprint density at radius 3 is 2.50 bits per heavy atom. The van der Waals surface area contributed by atoms with Gasteiger partial charge in [-0.3, -0.25) is 5.43 Å². The largest absolute Gasteiger partial charge is 0.492 e. The van der Waals surface area contributed by atoms with E-state index in [1.54, 1.807) is 24.3 Å².